The Morgan fingerprint density at radius 1 is 1.47 bits per heavy atom. The Kier molecular flexibility index (Phi) is 2.08. The lowest BCUT2D eigenvalue weighted by atomic mass is 10.1. The van der Waals surface area contributed by atoms with E-state index in [-0.39, 0.29) is 16.3 Å². The number of carboxylic acid groups (broad SMARTS) is 1. The molecular formula is C10H8ClNO3. The van der Waals surface area contributed by atoms with Crippen LogP contribution in [0.15, 0.2) is 18.3 Å². The van der Waals surface area contributed by atoms with Crippen LogP contribution in [0, 0.1) is 0 Å². The maximum Gasteiger partial charge on any atom is 0.337 e. The normalized spacial score (nSPS) is 10.8. The van der Waals surface area contributed by atoms with Crippen molar-refractivity contribution < 1.29 is 15.0 Å². The van der Waals surface area contributed by atoms with E-state index < -0.39 is 5.97 Å². The fraction of sp³-hybridized carbons (Fsp3) is 0.100. The number of aromatic nitrogens is 1. The van der Waals surface area contributed by atoms with Gasteiger partial charge in [-0.25, -0.2) is 4.79 Å². The molecule has 0 unspecified atom stereocenters. The van der Waals surface area contributed by atoms with E-state index in [4.69, 9.17) is 16.7 Å². The van der Waals surface area contributed by atoms with Gasteiger partial charge in [-0.3, -0.25) is 0 Å². The van der Waals surface area contributed by atoms with E-state index in [1.807, 2.05) is 0 Å². The van der Waals surface area contributed by atoms with Crippen molar-refractivity contribution in [2.75, 3.05) is 0 Å². The molecule has 0 bridgehead atoms. The second kappa shape index (κ2) is 3.17. The second-order valence-corrected chi connectivity index (χ2v) is 3.63. The van der Waals surface area contributed by atoms with Gasteiger partial charge >= 0.3 is 5.97 Å². The fourth-order valence-electron chi connectivity index (χ4n) is 1.59. The number of carbonyl (C=O) groups is 1. The van der Waals surface area contributed by atoms with E-state index in [0.29, 0.717) is 10.9 Å². The molecule has 78 valence electrons. The monoisotopic (exact) mass is 225 g/mol. The molecule has 0 atom stereocenters. The van der Waals surface area contributed by atoms with Gasteiger partial charge < -0.3 is 14.8 Å². The molecule has 1 aromatic heterocycles. The zero-order valence-electron chi connectivity index (χ0n) is 7.86. The third-order valence-corrected chi connectivity index (χ3v) is 2.68. The van der Waals surface area contributed by atoms with Crippen molar-refractivity contribution in [3.8, 4) is 5.75 Å². The summed E-state index contributed by atoms with van der Waals surface area (Å²) in [5.41, 5.74) is 0.767. The number of aromatic carboxylic acids is 1. The average molecular weight is 226 g/mol. The number of aryl methyl sites for hydroxylation is 1. The van der Waals surface area contributed by atoms with Crippen LogP contribution in [-0.4, -0.2) is 20.7 Å². The highest BCUT2D eigenvalue weighted by Crippen LogP contribution is 2.34. The highest BCUT2D eigenvalue weighted by atomic mass is 35.5. The van der Waals surface area contributed by atoms with Crippen LogP contribution < -0.4 is 0 Å². The number of aromatic hydroxyl groups is 1. The Balaban J connectivity index is 2.95. The maximum absolute atomic E-state index is 10.9. The topological polar surface area (TPSA) is 62.5 Å². The first-order chi connectivity index (χ1) is 7.02. The summed E-state index contributed by atoms with van der Waals surface area (Å²) in [7, 11) is 1.72. The Morgan fingerprint density at radius 3 is 2.73 bits per heavy atom. The number of halogens is 1. The number of hydrogen-bond donors (Lipinski definition) is 2. The summed E-state index contributed by atoms with van der Waals surface area (Å²) in [4.78, 5) is 10.9. The van der Waals surface area contributed by atoms with Crippen molar-refractivity contribution in [1.29, 1.82) is 0 Å². The third-order valence-electron chi connectivity index (χ3n) is 2.30. The first-order valence-electron chi connectivity index (χ1n) is 4.22. The Morgan fingerprint density at radius 2 is 2.13 bits per heavy atom. The number of benzene rings is 1. The lowest BCUT2D eigenvalue weighted by Crippen LogP contribution is -1.94. The highest BCUT2D eigenvalue weighted by molar-refractivity contribution is 6.38. The molecule has 0 radical (unpaired) electrons. The molecule has 0 amide bonds. The van der Waals surface area contributed by atoms with E-state index in [1.54, 1.807) is 17.7 Å². The molecule has 0 saturated carbocycles. The van der Waals surface area contributed by atoms with Crippen molar-refractivity contribution in [3.63, 3.8) is 0 Å². The standard InChI is InChI=1S/C10H8ClNO3/c1-12-4-5(10(14)15)8-6(12)2-3-7(13)9(8)11/h2-4,13H,1H3,(H,14,15). The molecule has 0 spiro atoms. The number of carboxylic acids is 1. The Hall–Kier alpha value is -1.68. The molecular weight excluding hydrogens is 218 g/mol. The zero-order chi connectivity index (χ0) is 11.2. The molecule has 0 saturated heterocycles. The smallest absolute Gasteiger partial charge is 0.337 e. The fourth-order valence-corrected chi connectivity index (χ4v) is 1.86. The van der Waals surface area contributed by atoms with E-state index in [2.05, 4.69) is 0 Å². The van der Waals surface area contributed by atoms with Crippen molar-refractivity contribution in [3.05, 3.63) is 28.9 Å². The van der Waals surface area contributed by atoms with Crippen LogP contribution in [0.4, 0.5) is 0 Å². The summed E-state index contributed by atoms with van der Waals surface area (Å²) < 4.78 is 1.66. The molecule has 0 aliphatic heterocycles. The molecule has 0 fully saturated rings. The summed E-state index contributed by atoms with van der Waals surface area (Å²) in [6.07, 6.45) is 1.47. The van der Waals surface area contributed by atoms with Crippen molar-refractivity contribution in [2.24, 2.45) is 7.05 Å². The Labute approximate surface area is 90.3 Å². The van der Waals surface area contributed by atoms with Crippen LogP contribution in [-0.2, 0) is 7.05 Å². The summed E-state index contributed by atoms with van der Waals surface area (Å²) in [6.45, 7) is 0. The van der Waals surface area contributed by atoms with Gasteiger partial charge in [-0.2, -0.15) is 0 Å². The first kappa shape index (κ1) is 9.86. The van der Waals surface area contributed by atoms with Crippen LogP contribution in [0.5, 0.6) is 5.75 Å². The van der Waals surface area contributed by atoms with Gasteiger partial charge in [-0.05, 0) is 12.1 Å². The predicted octanol–water partition coefficient (Wildman–Crippen LogP) is 2.24. The van der Waals surface area contributed by atoms with Gasteiger partial charge in [0.2, 0.25) is 0 Å². The minimum absolute atomic E-state index is 0.0745. The van der Waals surface area contributed by atoms with E-state index >= 15 is 0 Å². The van der Waals surface area contributed by atoms with Crippen molar-refractivity contribution >= 4 is 28.5 Å². The number of fused-ring (bicyclic) bond motifs is 1. The lowest BCUT2D eigenvalue weighted by Gasteiger charge is -2.00. The molecule has 15 heavy (non-hydrogen) atoms. The van der Waals surface area contributed by atoms with Crippen molar-refractivity contribution in [2.45, 2.75) is 0 Å². The maximum atomic E-state index is 10.9. The molecule has 5 heteroatoms. The zero-order valence-corrected chi connectivity index (χ0v) is 8.62. The molecule has 0 aliphatic carbocycles. The van der Waals surface area contributed by atoms with Crippen LogP contribution >= 0.6 is 11.6 Å². The summed E-state index contributed by atoms with van der Waals surface area (Å²) in [5.74, 6) is -1.18. The number of rotatable bonds is 1. The highest BCUT2D eigenvalue weighted by Gasteiger charge is 2.17. The minimum Gasteiger partial charge on any atom is -0.506 e. The number of phenols is 1. The summed E-state index contributed by atoms with van der Waals surface area (Å²) >= 11 is 5.86. The quantitative estimate of drug-likeness (QED) is 0.782. The average Bonchev–Trinajstić information content (AvgIpc) is 2.50. The number of hydrogen-bond acceptors (Lipinski definition) is 2. The first-order valence-corrected chi connectivity index (χ1v) is 4.60. The molecule has 0 aliphatic rings. The van der Waals surface area contributed by atoms with Gasteiger partial charge in [0.1, 0.15) is 5.75 Å². The van der Waals surface area contributed by atoms with Crippen LogP contribution in [0.1, 0.15) is 10.4 Å². The van der Waals surface area contributed by atoms with Gasteiger partial charge in [-0.15, -0.1) is 0 Å². The Bertz CT molecular complexity index is 559. The van der Waals surface area contributed by atoms with Gasteiger partial charge in [0.05, 0.1) is 16.1 Å². The summed E-state index contributed by atoms with van der Waals surface area (Å²) in [5, 5.41) is 18.8. The van der Waals surface area contributed by atoms with Gasteiger partial charge in [0.25, 0.3) is 0 Å². The molecule has 1 heterocycles. The van der Waals surface area contributed by atoms with Gasteiger partial charge in [0, 0.05) is 18.6 Å². The van der Waals surface area contributed by atoms with E-state index in [9.17, 15) is 9.90 Å². The summed E-state index contributed by atoms with van der Waals surface area (Å²) in [6, 6.07) is 3.07. The van der Waals surface area contributed by atoms with Crippen LogP contribution in [0.25, 0.3) is 10.9 Å². The van der Waals surface area contributed by atoms with Gasteiger partial charge in [0.15, 0.2) is 0 Å². The van der Waals surface area contributed by atoms with E-state index in [0.717, 1.165) is 0 Å². The second-order valence-electron chi connectivity index (χ2n) is 3.25. The number of nitrogens with zero attached hydrogens (tertiary/aromatic N) is 1. The molecule has 4 nitrogen and oxygen atoms in total. The van der Waals surface area contributed by atoms with Gasteiger partial charge in [-0.1, -0.05) is 11.6 Å². The van der Waals surface area contributed by atoms with Crippen LogP contribution in [0.3, 0.4) is 0 Å². The van der Waals surface area contributed by atoms with Crippen LogP contribution in [0.2, 0.25) is 5.02 Å². The SMILES string of the molecule is Cn1cc(C(=O)O)c2c(Cl)c(O)ccc21. The number of phenolic OH excluding ortho intramolecular Hbond substituents is 1. The molecule has 2 rings (SSSR count). The molecule has 2 N–H and O–H groups in total. The minimum atomic E-state index is -1.06. The third kappa shape index (κ3) is 1.34. The largest absolute Gasteiger partial charge is 0.506 e. The molecule has 1 aromatic carbocycles. The lowest BCUT2D eigenvalue weighted by molar-refractivity contribution is 0.0699. The van der Waals surface area contributed by atoms with E-state index in [1.165, 1.54) is 12.3 Å². The van der Waals surface area contributed by atoms with Crippen molar-refractivity contribution in [1.82, 2.24) is 4.57 Å². The predicted molar refractivity (Wildman–Crippen MR) is 56.6 cm³/mol. The molecule has 2 aromatic rings.